The van der Waals surface area contributed by atoms with Gasteiger partial charge < -0.3 is 10.1 Å². The molecule has 0 spiro atoms. The van der Waals surface area contributed by atoms with E-state index < -0.39 is 5.91 Å². The number of hydrogen-bond acceptors (Lipinski definition) is 3. The summed E-state index contributed by atoms with van der Waals surface area (Å²) >= 11 is 11.7. The summed E-state index contributed by atoms with van der Waals surface area (Å²) in [5.41, 5.74) is 0.474. The highest BCUT2D eigenvalue weighted by molar-refractivity contribution is 6.35. The first kappa shape index (κ1) is 15.4. The van der Waals surface area contributed by atoms with Crippen molar-refractivity contribution < 1.29 is 14.3 Å². The van der Waals surface area contributed by atoms with E-state index in [4.69, 9.17) is 27.9 Å². The second-order valence-corrected chi connectivity index (χ2v) is 6.57. The van der Waals surface area contributed by atoms with E-state index in [1.54, 1.807) is 18.2 Å². The van der Waals surface area contributed by atoms with E-state index in [2.05, 4.69) is 17.5 Å². The van der Waals surface area contributed by atoms with E-state index in [0.717, 1.165) is 12.8 Å². The molecule has 2 aliphatic carbocycles. The minimum Gasteiger partial charge on any atom is -0.455 e. The van der Waals surface area contributed by atoms with E-state index in [0.29, 0.717) is 21.7 Å². The number of nitrogens with one attached hydrogen (secondary N) is 1. The lowest BCUT2D eigenvalue weighted by atomic mass is 9.94. The zero-order valence-corrected chi connectivity index (χ0v) is 13.2. The van der Waals surface area contributed by atoms with Crippen molar-refractivity contribution in [3.63, 3.8) is 0 Å². The van der Waals surface area contributed by atoms with Crippen LogP contribution in [0.2, 0.25) is 10.0 Å². The van der Waals surface area contributed by atoms with Crippen LogP contribution in [0.15, 0.2) is 30.4 Å². The molecule has 1 amide bonds. The molecule has 0 saturated heterocycles. The Morgan fingerprint density at radius 1 is 1.14 bits per heavy atom. The summed E-state index contributed by atoms with van der Waals surface area (Å²) in [4.78, 5) is 23.8. The van der Waals surface area contributed by atoms with Gasteiger partial charge in [-0.25, -0.2) is 0 Å². The largest absolute Gasteiger partial charge is 0.455 e. The Morgan fingerprint density at radius 2 is 1.86 bits per heavy atom. The number of benzene rings is 1. The Balaban J connectivity index is 1.50. The molecule has 1 aromatic carbocycles. The second-order valence-electron chi connectivity index (χ2n) is 5.70. The third kappa shape index (κ3) is 3.45. The van der Waals surface area contributed by atoms with Gasteiger partial charge in [0.15, 0.2) is 6.61 Å². The fourth-order valence-corrected chi connectivity index (χ4v) is 3.64. The number of halogens is 2. The molecule has 4 nitrogen and oxygen atoms in total. The highest BCUT2D eigenvalue weighted by atomic mass is 35.5. The van der Waals surface area contributed by atoms with Crippen molar-refractivity contribution in [3.05, 3.63) is 40.4 Å². The number of amides is 1. The molecule has 2 bridgehead atoms. The number of rotatable bonds is 4. The number of hydrogen-bond donors (Lipinski definition) is 1. The fourth-order valence-electron chi connectivity index (χ4n) is 3.12. The average Bonchev–Trinajstić information content (AvgIpc) is 3.06. The number of carbonyl (C=O) groups is 2. The quantitative estimate of drug-likeness (QED) is 0.672. The van der Waals surface area contributed by atoms with Gasteiger partial charge in [0.05, 0.1) is 5.92 Å². The molecular weight excluding hydrogens is 325 g/mol. The van der Waals surface area contributed by atoms with Crippen LogP contribution < -0.4 is 5.32 Å². The number of allylic oxidation sites excluding steroid dienone is 2. The highest BCUT2D eigenvalue weighted by Gasteiger charge is 2.40. The molecule has 0 unspecified atom stereocenters. The van der Waals surface area contributed by atoms with Crippen molar-refractivity contribution in [2.75, 3.05) is 11.9 Å². The van der Waals surface area contributed by atoms with Gasteiger partial charge in [-0.15, -0.1) is 0 Å². The van der Waals surface area contributed by atoms with Gasteiger partial charge in [0, 0.05) is 15.7 Å². The number of esters is 1. The smallest absolute Gasteiger partial charge is 0.310 e. The number of ether oxygens (including phenoxy) is 1. The molecule has 1 fully saturated rings. The van der Waals surface area contributed by atoms with Crippen LogP contribution >= 0.6 is 23.2 Å². The monoisotopic (exact) mass is 339 g/mol. The number of carbonyl (C=O) groups excluding carboxylic acids is 2. The van der Waals surface area contributed by atoms with Gasteiger partial charge in [-0.3, -0.25) is 9.59 Å². The molecule has 2 aliphatic rings. The van der Waals surface area contributed by atoms with Gasteiger partial charge in [0.2, 0.25) is 0 Å². The van der Waals surface area contributed by atoms with Crippen LogP contribution in [0.4, 0.5) is 5.69 Å². The van der Waals surface area contributed by atoms with E-state index >= 15 is 0 Å². The molecule has 1 aromatic rings. The zero-order chi connectivity index (χ0) is 15.7. The van der Waals surface area contributed by atoms with Crippen LogP contribution in [0, 0.1) is 17.8 Å². The van der Waals surface area contributed by atoms with Crippen molar-refractivity contribution in [1.29, 1.82) is 0 Å². The van der Waals surface area contributed by atoms with E-state index in [-0.39, 0.29) is 24.4 Å². The molecule has 0 heterocycles. The van der Waals surface area contributed by atoms with Crippen molar-refractivity contribution >= 4 is 40.8 Å². The average molecular weight is 340 g/mol. The first-order chi connectivity index (χ1) is 10.5. The molecule has 1 saturated carbocycles. The first-order valence-electron chi connectivity index (χ1n) is 7.12. The molecule has 22 heavy (non-hydrogen) atoms. The standard InChI is InChI=1S/C16H15Cl2NO3/c17-11-5-12(18)7-13(6-11)19-15(20)8-22-16(21)14-4-9-1-2-10(14)3-9/h1-2,5-7,9-10,14H,3-4,8H2,(H,19,20)/t9-,10-,14-/m1/s1. The predicted molar refractivity (Wildman–Crippen MR) is 84.9 cm³/mol. The lowest BCUT2D eigenvalue weighted by molar-refractivity contribution is -0.152. The van der Waals surface area contributed by atoms with Crippen molar-refractivity contribution in [3.8, 4) is 0 Å². The minimum absolute atomic E-state index is 0.108. The molecule has 116 valence electrons. The van der Waals surface area contributed by atoms with Gasteiger partial charge >= 0.3 is 5.97 Å². The normalized spacial score (nSPS) is 25.3. The maximum absolute atomic E-state index is 12.0. The van der Waals surface area contributed by atoms with E-state index in [1.807, 2.05) is 0 Å². The molecule has 3 rings (SSSR count). The highest BCUT2D eigenvalue weighted by Crippen LogP contribution is 2.43. The van der Waals surface area contributed by atoms with Gasteiger partial charge in [-0.2, -0.15) is 0 Å². The molecule has 0 aromatic heterocycles. The van der Waals surface area contributed by atoms with Gasteiger partial charge in [-0.1, -0.05) is 35.4 Å². The molecule has 6 heteroatoms. The third-order valence-corrected chi connectivity index (χ3v) is 4.51. The summed E-state index contributed by atoms with van der Waals surface area (Å²) in [6.45, 7) is -0.305. The van der Waals surface area contributed by atoms with Crippen molar-refractivity contribution in [2.24, 2.45) is 17.8 Å². The van der Waals surface area contributed by atoms with Crippen LogP contribution in [0.5, 0.6) is 0 Å². The Labute approximate surface area is 138 Å². The van der Waals surface area contributed by atoms with Crippen LogP contribution in [-0.4, -0.2) is 18.5 Å². The number of fused-ring (bicyclic) bond motifs is 2. The summed E-state index contributed by atoms with van der Waals surface area (Å²) in [5.74, 6) is -0.0535. The topological polar surface area (TPSA) is 55.4 Å². The molecule has 0 radical (unpaired) electrons. The lowest BCUT2D eigenvalue weighted by Crippen LogP contribution is -2.26. The van der Waals surface area contributed by atoms with Gasteiger partial charge in [-0.05, 0) is 42.9 Å². The fraction of sp³-hybridized carbons (Fsp3) is 0.375. The van der Waals surface area contributed by atoms with Crippen LogP contribution in [-0.2, 0) is 14.3 Å². The van der Waals surface area contributed by atoms with Crippen LogP contribution in [0.25, 0.3) is 0 Å². The molecule has 1 N–H and O–H groups in total. The van der Waals surface area contributed by atoms with Gasteiger partial charge in [0.1, 0.15) is 0 Å². The van der Waals surface area contributed by atoms with Crippen LogP contribution in [0.1, 0.15) is 12.8 Å². The minimum atomic E-state index is -0.412. The Bertz CT molecular complexity index is 624. The SMILES string of the molecule is O=C(COC(=O)[C@@H]1C[C@@H]2C=C[C@@H]1C2)Nc1cc(Cl)cc(Cl)c1. The third-order valence-electron chi connectivity index (χ3n) is 4.07. The molecule has 3 atom stereocenters. The van der Waals surface area contributed by atoms with E-state index in [9.17, 15) is 9.59 Å². The Hall–Kier alpha value is -1.52. The molecule has 0 aliphatic heterocycles. The summed E-state index contributed by atoms with van der Waals surface area (Å²) in [6, 6.07) is 4.73. The lowest BCUT2D eigenvalue weighted by Gasteiger charge is -2.16. The maximum atomic E-state index is 12.0. The Morgan fingerprint density at radius 3 is 2.45 bits per heavy atom. The summed E-state index contributed by atoms with van der Waals surface area (Å²) in [5, 5.41) is 3.45. The van der Waals surface area contributed by atoms with E-state index in [1.165, 1.54) is 0 Å². The van der Waals surface area contributed by atoms with Crippen molar-refractivity contribution in [1.82, 2.24) is 0 Å². The van der Waals surface area contributed by atoms with Crippen LogP contribution in [0.3, 0.4) is 0 Å². The predicted octanol–water partition coefficient (Wildman–Crippen LogP) is 3.69. The molecular formula is C16H15Cl2NO3. The zero-order valence-electron chi connectivity index (χ0n) is 11.7. The first-order valence-corrected chi connectivity index (χ1v) is 7.88. The summed E-state index contributed by atoms with van der Waals surface area (Å²) in [7, 11) is 0. The number of anilines is 1. The summed E-state index contributed by atoms with van der Waals surface area (Å²) < 4.78 is 5.12. The Kier molecular flexibility index (Phi) is 4.41. The summed E-state index contributed by atoms with van der Waals surface area (Å²) in [6.07, 6.45) is 6.08. The maximum Gasteiger partial charge on any atom is 0.310 e. The van der Waals surface area contributed by atoms with Gasteiger partial charge in [0.25, 0.3) is 5.91 Å². The van der Waals surface area contributed by atoms with Crippen molar-refractivity contribution in [2.45, 2.75) is 12.8 Å². The second kappa shape index (κ2) is 6.31.